The Bertz CT molecular complexity index is 524. The summed E-state index contributed by atoms with van der Waals surface area (Å²) in [5.74, 6) is 0.870. The van der Waals surface area contributed by atoms with E-state index in [1.807, 2.05) is 30.3 Å². The number of halogens is 2. The van der Waals surface area contributed by atoms with Crippen molar-refractivity contribution in [3.63, 3.8) is 0 Å². The van der Waals surface area contributed by atoms with Crippen molar-refractivity contribution >= 4 is 38.9 Å². The highest BCUT2D eigenvalue weighted by molar-refractivity contribution is 9.11. The van der Waals surface area contributed by atoms with Crippen molar-refractivity contribution < 1.29 is 4.74 Å². The summed E-state index contributed by atoms with van der Waals surface area (Å²) in [6, 6.07) is 9.75. The van der Waals surface area contributed by atoms with E-state index in [4.69, 9.17) is 22.1 Å². The number of hydrogen-bond donors (Lipinski definition) is 1. The Labute approximate surface area is 124 Å². The van der Waals surface area contributed by atoms with Gasteiger partial charge < -0.3 is 10.5 Å². The van der Waals surface area contributed by atoms with Crippen LogP contribution in [-0.2, 0) is 6.42 Å². The molecule has 96 valence electrons. The third kappa shape index (κ3) is 3.06. The van der Waals surface area contributed by atoms with E-state index in [-0.39, 0.29) is 6.04 Å². The van der Waals surface area contributed by atoms with Gasteiger partial charge in [-0.1, -0.05) is 29.8 Å². The van der Waals surface area contributed by atoms with Gasteiger partial charge in [0, 0.05) is 10.9 Å². The molecule has 1 heterocycles. The number of rotatable bonds is 4. The molecule has 0 aliphatic rings. The summed E-state index contributed by atoms with van der Waals surface area (Å²) in [4.78, 5) is 1.07. The van der Waals surface area contributed by atoms with Crippen molar-refractivity contribution in [3.8, 4) is 5.75 Å². The molecule has 0 saturated heterocycles. The summed E-state index contributed by atoms with van der Waals surface area (Å²) in [6.07, 6.45) is 0.729. The lowest BCUT2D eigenvalue weighted by atomic mass is 10.0. The first-order valence-electron chi connectivity index (χ1n) is 5.44. The number of benzene rings is 1. The first-order valence-corrected chi connectivity index (χ1v) is 7.42. The lowest BCUT2D eigenvalue weighted by Gasteiger charge is -2.12. The molecule has 1 atom stereocenters. The molecule has 0 aliphatic carbocycles. The van der Waals surface area contributed by atoms with Crippen LogP contribution in [0.5, 0.6) is 5.75 Å². The summed E-state index contributed by atoms with van der Waals surface area (Å²) < 4.78 is 6.25. The summed E-state index contributed by atoms with van der Waals surface area (Å²) >= 11 is 11.0. The molecule has 2 N–H and O–H groups in total. The molecule has 2 nitrogen and oxygen atoms in total. The topological polar surface area (TPSA) is 35.2 Å². The second-order valence-corrected chi connectivity index (χ2v) is 6.70. The second kappa shape index (κ2) is 6.06. The van der Waals surface area contributed by atoms with Gasteiger partial charge in [-0.05, 0) is 40.0 Å². The predicted molar refractivity (Wildman–Crippen MR) is 80.7 cm³/mol. The summed E-state index contributed by atoms with van der Waals surface area (Å²) in [7, 11) is 1.67. The Kier molecular flexibility index (Phi) is 4.67. The predicted octanol–water partition coefficient (Wildman–Crippen LogP) is 4.42. The van der Waals surface area contributed by atoms with Crippen LogP contribution in [0, 0.1) is 0 Å². The highest BCUT2D eigenvalue weighted by atomic mass is 79.9. The molecule has 0 aliphatic heterocycles. The molecule has 0 spiro atoms. The second-order valence-electron chi connectivity index (χ2n) is 3.89. The number of nitrogens with two attached hydrogens (primary N) is 1. The normalized spacial score (nSPS) is 12.4. The van der Waals surface area contributed by atoms with Gasteiger partial charge >= 0.3 is 0 Å². The number of hydrogen-bond acceptors (Lipinski definition) is 3. The zero-order valence-corrected chi connectivity index (χ0v) is 13.0. The summed E-state index contributed by atoms with van der Waals surface area (Å²) in [5.41, 5.74) is 7.31. The standard InChI is InChI=1S/C13H13BrClNOS/c1-17-11-5-3-2-4-8(11)6-10(16)12-7-9(15)13(14)18-12/h2-5,7,10H,6,16H2,1H3. The zero-order chi connectivity index (χ0) is 13.1. The molecular weight excluding hydrogens is 334 g/mol. The van der Waals surface area contributed by atoms with Gasteiger partial charge in [0.2, 0.25) is 0 Å². The Morgan fingerprint density at radius 3 is 2.78 bits per heavy atom. The largest absolute Gasteiger partial charge is 0.496 e. The van der Waals surface area contributed by atoms with Crippen LogP contribution >= 0.6 is 38.9 Å². The maximum absolute atomic E-state index is 6.21. The maximum atomic E-state index is 6.21. The zero-order valence-electron chi connectivity index (χ0n) is 9.82. The molecule has 0 fully saturated rings. The fourth-order valence-corrected chi connectivity index (χ4v) is 3.50. The monoisotopic (exact) mass is 345 g/mol. The van der Waals surface area contributed by atoms with E-state index < -0.39 is 0 Å². The third-order valence-corrected chi connectivity index (χ3v) is 5.27. The van der Waals surface area contributed by atoms with Gasteiger partial charge in [0.1, 0.15) is 5.75 Å². The Balaban J connectivity index is 2.18. The minimum Gasteiger partial charge on any atom is -0.496 e. The first kappa shape index (κ1) is 13.9. The van der Waals surface area contributed by atoms with E-state index in [1.165, 1.54) is 0 Å². The molecule has 0 bridgehead atoms. The van der Waals surface area contributed by atoms with Crippen LogP contribution < -0.4 is 10.5 Å². The highest BCUT2D eigenvalue weighted by Crippen LogP contribution is 2.36. The fourth-order valence-electron chi connectivity index (χ4n) is 1.76. The first-order chi connectivity index (χ1) is 8.61. The maximum Gasteiger partial charge on any atom is 0.122 e. The van der Waals surface area contributed by atoms with Crippen molar-refractivity contribution in [1.29, 1.82) is 0 Å². The number of ether oxygens (including phenoxy) is 1. The van der Waals surface area contributed by atoms with Crippen molar-refractivity contribution in [2.45, 2.75) is 12.5 Å². The third-order valence-electron chi connectivity index (χ3n) is 2.66. The van der Waals surface area contributed by atoms with Crippen molar-refractivity contribution in [1.82, 2.24) is 0 Å². The van der Waals surface area contributed by atoms with Crippen LogP contribution in [0.15, 0.2) is 34.1 Å². The molecule has 1 aromatic heterocycles. The van der Waals surface area contributed by atoms with Gasteiger partial charge in [-0.3, -0.25) is 0 Å². The number of thiophene rings is 1. The molecule has 1 unspecified atom stereocenters. The highest BCUT2D eigenvalue weighted by Gasteiger charge is 2.14. The number of para-hydroxylation sites is 1. The minimum atomic E-state index is -0.0740. The fraction of sp³-hybridized carbons (Fsp3) is 0.231. The van der Waals surface area contributed by atoms with Gasteiger partial charge in [-0.2, -0.15) is 0 Å². The molecule has 1 aromatic carbocycles. The Morgan fingerprint density at radius 1 is 1.44 bits per heavy atom. The smallest absolute Gasteiger partial charge is 0.122 e. The lowest BCUT2D eigenvalue weighted by molar-refractivity contribution is 0.408. The molecular formula is C13H13BrClNOS. The molecule has 18 heavy (non-hydrogen) atoms. The molecule has 0 amide bonds. The molecule has 2 rings (SSSR count). The number of methoxy groups -OCH3 is 1. The van der Waals surface area contributed by atoms with E-state index >= 15 is 0 Å². The van der Waals surface area contributed by atoms with Gasteiger partial charge in [-0.15, -0.1) is 11.3 Å². The van der Waals surface area contributed by atoms with Gasteiger partial charge in [0.25, 0.3) is 0 Å². The summed E-state index contributed by atoms with van der Waals surface area (Å²) in [6.45, 7) is 0. The van der Waals surface area contributed by atoms with Crippen LogP contribution in [-0.4, -0.2) is 7.11 Å². The van der Waals surface area contributed by atoms with Crippen molar-refractivity contribution in [3.05, 3.63) is 49.6 Å². The van der Waals surface area contributed by atoms with E-state index in [2.05, 4.69) is 15.9 Å². The van der Waals surface area contributed by atoms with Crippen LogP contribution in [0.25, 0.3) is 0 Å². The van der Waals surface area contributed by atoms with Gasteiger partial charge in [0.05, 0.1) is 15.9 Å². The SMILES string of the molecule is COc1ccccc1CC(N)c1cc(Cl)c(Br)s1. The lowest BCUT2D eigenvalue weighted by Crippen LogP contribution is -2.12. The molecule has 5 heteroatoms. The molecule has 0 radical (unpaired) electrons. The van der Waals surface area contributed by atoms with Crippen LogP contribution in [0.1, 0.15) is 16.5 Å². The van der Waals surface area contributed by atoms with Crippen molar-refractivity contribution in [2.24, 2.45) is 5.73 Å². The van der Waals surface area contributed by atoms with E-state index in [0.29, 0.717) is 5.02 Å². The van der Waals surface area contributed by atoms with Crippen LogP contribution in [0.2, 0.25) is 5.02 Å². The Hall–Kier alpha value is -0.550. The Morgan fingerprint density at radius 2 is 2.17 bits per heavy atom. The van der Waals surface area contributed by atoms with E-state index in [0.717, 1.165) is 26.4 Å². The average molecular weight is 347 g/mol. The van der Waals surface area contributed by atoms with E-state index in [1.54, 1.807) is 18.4 Å². The minimum absolute atomic E-state index is 0.0740. The summed E-state index contributed by atoms with van der Waals surface area (Å²) in [5, 5.41) is 0.713. The molecule has 0 saturated carbocycles. The molecule has 2 aromatic rings. The van der Waals surface area contributed by atoms with E-state index in [9.17, 15) is 0 Å². The van der Waals surface area contributed by atoms with Crippen LogP contribution in [0.3, 0.4) is 0 Å². The van der Waals surface area contributed by atoms with Crippen molar-refractivity contribution in [2.75, 3.05) is 7.11 Å². The quantitative estimate of drug-likeness (QED) is 0.889. The van der Waals surface area contributed by atoms with Gasteiger partial charge in [-0.25, -0.2) is 0 Å². The van der Waals surface area contributed by atoms with Gasteiger partial charge in [0.15, 0.2) is 0 Å². The van der Waals surface area contributed by atoms with Crippen LogP contribution in [0.4, 0.5) is 0 Å². The average Bonchev–Trinajstić information content (AvgIpc) is 2.70.